The average Bonchev–Trinajstić information content (AvgIpc) is 2.84. The Morgan fingerprint density at radius 3 is 2.26 bits per heavy atom. The molecule has 0 spiro atoms. The maximum Gasteiger partial charge on any atom is 0.227 e. The second kappa shape index (κ2) is 9.92. The largest absolute Gasteiger partial charge is 0.633 e. The zero-order valence-corrected chi connectivity index (χ0v) is 19.0. The van der Waals surface area contributed by atoms with Crippen molar-refractivity contribution in [2.24, 2.45) is 0 Å². The fraction of sp³-hybridized carbons (Fsp3) is 0.304. The lowest BCUT2D eigenvalue weighted by molar-refractivity contribution is -0.861. The van der Waals surface area contributed by atoms with Crippen molar-refractivity contribution in [1.82, 2.24) is 9.97 Å². The van der Waals surface area contributed by atoms with Gasteiger partial charge < -0.3 is 29.5 Å². The van der Waals surface area contributed by atoms with E-state index < -0.39 is 35.4 Å². The van der Waals surface area contributed by atoms with Crippen molar-refractivity contribution in [3.8, 4) is 11.5 Å². The first-order chi connectivity index (χ1) is 16.7. The van der Waals surface area contributed by atoms with Crippen LogP contribution in [0.4, 0.5) is 34.9 Å². The molecule has 35 heavy (non-hydrogen) atoms. The third-order valence-electron chi connectivity index (χ3n) is 5.68. The van der Waals surface area contributed by atoms with Gasteiger partial charge in [-0.15, -0.1) is 0 Å². The maximum atomic E-state index is 13.8. The Morgan fingerprint density at radius 1 is 1.03 bits per heavy atom. The molecule has 1 fully saturated rings. The predicted octanol–water partition coefficient (Wildman–Crippen LogP) is 4.13. The summed E-state index contributed by atoms with van der Waals surface area (Å²) in [5, 5.41) is 15.1. The molecule has 12 heteroatoms. The highest BCUT2D eigenvalue weighted by Gasteiger charge is 2.24. The van der Waals surface area contributed by atoms with E-state index in [-0.39, 0.29) is 22.4 Å². The average molecular weight is 493 g/mol. The number of benzene rings is 2. The number of hydroxylamine groups is 3. The SMILES string of the molecule is COc1cc(Nc2ncc(OCc3c(F)c(F)cc(F)c3F)cn2)ccc1N1CC[N+](C)([O-])CC1. The molecule has 1 aliphatic heterocycles. The van der Waals surface area contributed by atoms with Crippen LogP contribution in [-0.4, -0.2) is 55.0 Å². The van der Waals surface area contributed by atoms with Crippen molar-refractivity contribution >= 4 is 17.3 Å². The number of aromatic nitrogens is 2. The minimum absolute atomic E-state index is 0.0424. The van der Waals surface area contributed by atoms with Gasteiger partial charge in [0, 0.05) is 17.8 Å². The van der Waals surface area contributed by atoms with Crippen LogP contribution in [0.1, 0.15) is 5.56 Å². The van der Waals surface area contributed by atoms with Crippen LogP contribution in [0.15, 0.2) is 36.7 Å². The number of rotatable bonds is 7. The molecule has 2 aromatic carbocycles. The van der Waals surface area contributed by atoms with Crippen molar-refractivity contribution in [1.29, 1.82) is 0 Å². The summed E-state index contributed by atoms with van der Waals surface area (Å²) in [4.78, 5) is 10.3. The van der Waals surface area contributed by atoms with Gasteiger partial charge in [-0.05, 0) is 12.1 Å². The molecule has 1 saturated heterocycles. The van der Waals surface area contributed by atoms with Gasteiger partial charge in [0.25, 0.3) is 0 Å². The highest BCUT2D eigenvalue weighted by molar-refractivity contribution is 5.67. The molecule has 0 bridgehead atoms. The molecule has 0 saturated carbocycles. The molecule has 0 radical (unpaired) electrons. The number of ether oxygens (including phenoxy) is 2. The van der Waals surface area contributed by atoms with Crippen LogP contribution in [0.5, 0.6) is 11.5 Å². The van der Waals surface area contributed by atoms with Gasteiger partial charge in [0.15, 0.2) is 29.0 Å². The molecular formula is C23H23F4N5O3. The summed E-state index contributed by atoms with van der Waals surface area (Å²) in [6.07, 6.45) is 2.50. The molecular weight excluding hydrogens is 470 g/mol. The van der Waals surface area contributed by atoms with E-state index in [0.717, 1.165) is 5.69 Å². The Bertz CT molecular complexity index is 1170. The van der Waals surface area contributed by atoms with E-state index in [0.29, 0.717) is 37.6 Å². The molecule has 4 rings (SSSR count). The normalized spacial score (nSPS) is 15.1. The van der Waals surface area contributed by atoms with Crippen LogP contribution in [0.3, 0.4) is 0 Å². The summed E-state index contributed by atoms with van der Waals surface area (Å²) in [6, 6.07) is 5.59. The molecule has 0 aliphatic carbocycles. The van der Waals surface area contributed by atoms with Gasteiger partial charge in [-0.25, -0.2) is 27.5 Å². The van der Waals surface area contributed by atoms with Crippen LogP contribution < -0.4 is 19.7 Å². The molecule has 0 unspecified atom stereocenters. The van der Waals surface area contributed by atoms with E-state index in [9.17, 15) is 22.8 Å². The molecule has 2 heterocycles. The van der Waals surface area contributed by atoms with Gasteiger partial charge in [-0.1, -0.05) is 0 Å². The smallest absolute Gasteiger partial charge is 0.227 e. The van der Waals surface area contributed by atoms with Crippen LogP contribution in [0, 0.1) is 28.5 Å². The summed E-state index contributed by atoms with van der Waals surface area (Å²) >= 11 is 0. The summed E-state index contributed by atoms with van der Waals surface area (Å²) < 4.78 is 64.6. The molecule has 3 aromatic rings. The van der Waals surface area contributed by atoms with E-state index >= 15 is 0 Å². The van der Waals surface area contributed by atoms with Gasteiger partial charge >= 0.3 is 0 Å². The minimum atomic E-state index is -1.52. The van der Waals surface area contributed by atoms with Crippen molar-refractivity contribution in [3.05, 3.63) is 70.7 Å². The Hall–Kier alpha value is -3.64. The second-order valence-corrected chi connectivity index (χ2v) is 8.22. The van der Waals surface area contributed by atoms with Gasteiger partial charge in [-0.3, -0.25) is 0 Å². The molecule has 1 N–H and O–H groups in total. The lowest BCUT2D eigenvalue weighted by Crippen LogP contribution is -2.53. The number of likely N-dealkylation sites (N-methyl/N-ethyl adjacent to an activating group) is 1. The minimum Gasteiger partial charge on any atom is -0.633 e. The maximum absolute atomic E-state index is 13.8. The van der Waals surface area contributed by atoms with Crippen molar-refractivity contribution in [3.63, 3.8) is 0 Å². The second-order valence-electron chi connectivity index (χ2n) is 8.22. The van der Waals surface area contributed by atoms with Crippen LogP contribution >= 0.6 is 0 Å². The first kappa shape index (κ1) is 24.5. The Kier molecular flexibility index (Phi) is 6.94. The molecule has 0 amide bonds. The molecule has 1 aromatic heterocycles. The monoisotopic (exact) mass is 493 g/mol. The van der Waals surface area contributed by atoms with E-state index in [1.807, 2.05) is 12.1 Å². The summed E-state index contributed by atoms with van der Waals surface area (Å²) in [5.74, 6) is -5.20. The van der Waals surface area contributed by atoms with Crippen LogP contribution in [-0.2, 0) is 6.61 Å². The summed E-state index contributed by atoms with van der Waals surface area (Å²) in [5.41, 5.74) is 0.639. The van der Waals surface area contributed by atoms with Crippen molar-refractivity contribution in [2.75, 3.05) is 50.6 Å². The topological polar surface area (TPSA) is 82.6 Å². The number of halogens is 4. The first-order valence-corrected chi connectivity index (χ1v) is 10.7. The quantitative estimate of drug-likeness (QED) is 0.229. The number of piperazine rings is 1. The Balaban J connectivity index is 1.41. The van der Waals surface area contributed by atoms with Crippen LogP contribution in [0.2, 0.25) is 0 Å². The number of quaternary nitrogens is 1. The third kappa shape index (κ3) is 5.54. The fourth-order valence-electron chi connectivity index (χ4n) is 3.63. The zero-order valence-electron chi connectivity index (χ0n) is 19.0. The van der Waals surface area contributed by atoms with Gasteiger partial charge in [0.1, 0.15) is 12.4 Å². The molecule has 8 nitrogen and oxygen atoms in total. The highest BCUT2D eigenvalue weighted by atomic mass is 19.2. The highest BCUT2D eigenvalue weighted by Crippen LogP contribution is 2.33. The Labute approximate surface area is 198 Å². The van der Waals surface area contributed by atoms with Crippen LogP contribution in [0.25, 0.3) is 0 Å². The number of hydrogen-bond donors (Lipinski definition) is 1. The number of methoxy groups -OCH3 is 1. The predicted molar refractivity (Wildman–Crippen MR) is 120 cm³/mol. The first-order valence-electron chi connectivity index (χ1n) is 10.7. The number of anilines is 3. The third-order valence-corrected chi connectivity index (χ3v) is 5.68. The lowest BCUT2D eigenvalue weighted by atomic mass is 10.2. The van der Waals surface area contributed by atoms with E-state index in [1.54, 1.807) is 20.2 Å². The Morgan fingerprint density at radius 2 is 1.66 bits per heavy atom. The summed E-state index contributed by atoms with van der Waals surface area (Å²) in [6.45, 7) is 1.45. The van der Waals surface area contributed by atoms with Crippen molar-refractivity contribution in [2.45, 2.75) is 6.61 Å². The number of nitrogens with zero attached hydrogens (tertiary/aromatic N) is 4. The van der Waals surface area contributed by atoms with Gasteiger partial charge in [0.2, 0.25) is 5.95 Å². The zero-order chi connectivity index (χ0) is 25.2. The van der Waals surface area contributed by atoms with E-state index in [4.69, 9.17) is 9.47 Å². The van der Waals surface area contributed by atoms with Crippen molar-refractivity contribution < 1.29 is 31.7 Å². The number of hydrogen-bond acceptors (Lipinski definition) is 7. The lowest BCUT2D eigenvalue weighted by Gasteiger charge is -2.46. The molecule has 186 valence electrons. The number of nitrogens with one attached hydrogen (secondary N) is 1. The van der Waals surface area contributed by atoms with E-state index in [1.165, 1.54) is 12.4 Å². The van der Waals surface area contributed by atoms with Gasteiger partial charge in [-0.2, -0.15) is 0 Å². The molecule has 0 atom stereocenters. The van der Waals surface area contributed by atoms with Gasteiger partial charge in [0.05, 0.1) is 64.0 Å². The fourth-order valence-corrected chi connectivity index (χ4v) is 3.63. The van der Waals surface area contributed by atoms with E-state index in [2.05, 4.69) is 20.2 Å². The standard InChI is InChI=1S/C23H23F4N5O3/c1-32(33)7-5-31(6-8-32)19-4-3-14(9-20(19)34-2)30-23-28-11-15(12-29-23)35-13-16-21(26)17(24)10-18(25)22(16)27/h3-4,9-12H,5-8,13H2,1-2H3,(H,28,29,30). The summed E-state index contributed by atoms with van der Waals surface area (Å²) in [7, 11) is 3.22. The molecule has 1 aliphatic rings.